The van der Waals surface area contributed by atoms with E-state index in [0.717, 1.165) is 25.9 Å². The average molecular weight is 265 g/mol. The molecule has 2 amide bonds. The largest absolute Gasteiger partial charge is 0.335 e. The smallest absolute Gasteiger partial charge is 0.319 e. The van der Waals surface area contributed by atoms with Gasteiger partial charge in [0.15, 0.2) is 0 Å². The highest BCUT2D eigenvalue weighted by Gasteiger charge is 2.21. The van der Waals surface area contributed by atoms with Crippen LogP contribution in [0.25, 0.3) is 0 Å². The Labute approximate surface area is 112 Å². The van der Waals surface area contributed by atoms with Crippen molar-refractivity contribution in [2.24, 2.45) is 5.92 Å². The van der Waals surface area contributed by atoms with Crippen molar-refractivity contribution in [2.45, 2.75) is 25.8 Å². The van der Waals surface area contributed by atoms with Crippen molar-refractivity contribution in [1.82, 2.24) is 10.6 Å². The van der Waals surface area contributed by atoms with Gasteiger partial charge in [0.2, 0.25) is 0 Å². The topological polar surface area (TPSA) is 53.2 Å². The van der Waals surface area contributed by atoms with E-state index in [1.165, 1.54) is 12.1 Å². The molecule has 19 heavy (non-hydrogen) atoms. The minimum absolute atomic E-state index is 0.141. The highest BCUT2D eigenvalue weighted by atomic mass is 19.1. The Kier molecular flexibility index (Phi) is 4.74. The van der Waals surface area contributed by atoms with Crippen LogP contribution in [0.3, 0.4) is 0 Å². The average Bonchev–Trinajstić information content (AvgIpc) is 2.42. The summed E-state index contributed by atoms with van der Waals surface area (Å²) in [6.45, 7) is 4.05. The van der Waals surface area contributed by atoms with E-state index in [4.69, 9.17) is 0 Å². The summed E-state index contributed by atoms with van der Waals surface area (Å²) in [7, 11) is 0. The molecule has 5 heteroatoms. The summed E-state index contributed by atoms with van der Waals surface area (Å²) in [6.07, 6.45) is 2.16. The van der Waals surface area contributed by atoms with Gasteiger partial charge < -0.3 is 16.0 Å². The number of benzene rings is 1. The van der Waals surface area contributed by atoms with Crippen LogP contribution < -0.4 is 16.0 Å². The van der Waals surface area contributed by atoms with Crippen LogP contribution in [-0.4, -0.2) is 25.2 Å². The Morgan fingerprint density at radius 3 is 2.58 bits per heavy atom. The molecule has 3 N–H and O–H groups in total. The molecule has 0 saturated carbocycles. The molecule has 104 valence electrons. The van der Waals surface area contributed by atoms with Crippen LogP contribution in [0.1, 0.15) is 19.8 Å². The van der Waals surface area contributed by atoms with Gasteiger partial charge >= 0.3 is 6.03 Å². The molecular weight excluding hydrogens is 245 g/mol. The van der Waals surface area contributed by atoms with Crippen LogP contribution in [0.4, 0.5) is 14.9 Å². The van der Waals surface area contributed by atoms with Crippen LogP contribution in [0.5, 0.6) is 0 Å². The van der Waals surface area contributed by atoms with Crippen LogP contribution in [-0.2, 0) is 0 Å². The molecule has 1 unspecified atom stereocenters. The fraction of sp³-hybridized carbons (Fsp3) is 0.500. The maximum Gasteiger partial charge on any atom is 0.319 e. The summed E-state index contributed by atoms with van der Waals surface area (Å²) in [5, 5.41) is 8.95. The third kappa shape index (κ3) is 4.21. The number of amides is 2. The summed E-state index contributed by atoms with van der Waals surface area (Å²) in [4.78, 5) is 11.8. The van der Waals surface area contributed by atoms with Gasteiger partial charge in [0.05, 0.1) is 0 Å². The van der Waals surface area contributed by atoms with E-state index in [0.29, 0.717) is 11.6 Å². The summed E-state index contributed by atoms with van der Waals surface area (Å²) >= 11 is 0. The second-order valence-electron chi connectivity index (χ2n) is 4.98. The molecule has 2 rings (SSSR count). The minimum Gasteiger partial charge on any atom is -0.335 e. The van der Waals surface area contributed by atoms with Crippen molar-refractivity contribution in [3.05, 3.63) is 30.1 Å². The lowest BCUT2D eigenvalue weighted by Crippen LogP contribution is -2.44. The molecule has 0 bridgehead atoms. The summed E-state index contributed by atoms with van der Waals surface area (Å²) in [5.74, 6) is 0.203. The molecule has 4 nitrogen and oxygen atoms in total. The normalized spacial score (nSPS) is 17.8. The number of nitrogens with one attached hydrogen (secondary N) is 3. The van der Waals surface area contributed by atoms with Crippen molar-refractivity contribution in [2.75, 3.05) is 18.4 Å². The summed E-state index contributed by atoms with van der Waals surface area (Å²) in [6, 6.07) is 5.64. The van der Waals surface area contributed by atoms with Gasteiger partial charge in [0.1, 0.15) is 5.82 Å². The lowest BCUT2D eigenvalue weighted by Gasteiger charge is -2.28. The van der Waals surface area contributed by atoms with Crippen LogP contribution in [0.15, 0.2) is 24.3 Å². The third-order valence-corrected chi connectivity index (χ3v) is 3.55. The maximum atomic E-state index is 12.7. The van der Waals surface area contributed by atoms with E-state index in [9.17, 15) is 9.18 Å². The molecule has 1 aliphatic rings. The van der Waals surface area contributed by atoms with Crippen LogP contribution in [0, 0.1) is 11.7 Å². The van der Waals surface area contributed by atoms with Gasteiger partial charge in [-0.05, 0) is 63.0 Å². The molecule has 1 aliphatic heterocycles. The second-order valence-corrected chi connectivity index (χ2v) is 4.98. The van der Waals surface area contributed by atoms with E-state index in [2.05, 4.69) is 16.0 Å². The van der Waals surface area contributed by atoms with Crippen LogP contribution in [0.2, 0.25) is 0 Å². The highest BCUT2D eigenvalue weighted by molar-refractivity contribution is 5.89. The van der Waals surface area contributed by atoms with E-state index in [1.54, 1.807) is 12.1 Å². The zero-order valence-corrected chi connectivity index (χ0v) is 11.1. The number of piperidine rings is 1. The predicted octanol–water partition coefficient (Wildman–Crippen LogP) is 2.34. The Bertz CT molecular complexity index is 415. The number of anilines is 1. The number of hydrogen-bond donors (Lipinski definition) is 3. The number of halogens is 1. The van der Waals surface area contributed by atoms with Gasteiger partial charge in [-0.1, -0.05) is 0 Å². The fourth-order valence-electron chi connectivity index (χ4n) is 2.37. The highest BCUT2D eigenvalue weighted by Crippen LogP contribution is 2.16. The standard InChI is InChI=1S/C14H20FN3O/c1-10(11-6-8-16-9-7-11)17-14(19)18-13-4-2-12(15)3-5-13/h2-5,10-11,16H,6-9H2,1H3,(H2,17,18,19). The van der Waals surface area contributed by atoms with E-state index in [1.807, 2.05) is 6.92 Å². The third-order valence-electron chi connectivity index (χ3n) is 3.55. The fourth-order valence-corrected chi connectivity index (χ4v) is 2.37. The monoisotopic (exact) mass is 265 g/mol. The molecule has 1 saturated heterocycles. The Morgan fingerprint density at radius 1 is 1.32 bits per heavy atom. The number of carbonyl (C=O) groups excluding carboxylic acids is 1. The predicted molar refractivity (Wildman–Crippen MR) is 73.6 cm³/mol. The van der Waals surface area contributed by atoms with Gasteiger partial charge in [-0.25, -0.2) is 9.18 Å². The van der Waals surface area contributed by atoms with Gasteiger partial charge in [-0.3, -0.25) is 0 Å². The Balaban J connectivity index is 1.81. The van der Waals surface area contributed by atoms with Crippen molar-refractivity contribution < 1.29 is 9.18 Å². The quantitative estimate of drug-likeness (QED) is 0.785. The first kappa shape index (κ1) is 13.8. The summed E-state index contributed by atoms with van der Waals surface area (Å²) in [5.41, 5.74) is 0.594. The molecular formula is C14H20FN3O. The first-order valence-electron chi connectivity index (χ1n) is 6.69. The molecule has 1 aromatic carbocycles. The van der Waals surface area contributed by atoms with Crippen molar-refractivity contribution in [1.29, 1.82) is 0 Å². The number of carbonyl (C=O) groups is 1. The van der Waals surface area contributed by atoms with E-state index in [-0.39, 0.29) is 17.9 Å². The first-order chi connectivity index (χ1) is 9.15. The molecule has 1 aromatic rings. The Morgan fingerprint density at radius 2 is 1.95 bits per heavy atom. The molecule has 1 heterocycles. The molecule has 1 fully saturated rings. The van der Waals surface area contributed by atoms with Crippen molar-refractivity contribution in [3.63, 3.8) is 0 Å². The lowest BCUT2D eigenvalue weighted by atomic mass is 9.91. The molecule has 0 aromatic heterocycles. The van der Waals surface area contributed by atoms with Gasteiger partial charge in [-0.2, -0.15) is 0 Å². The van der Waals surface area contributed by atoms with Crippen molar-refractivity contribution >= 4 is 11.7 Å². The van der Waals surface area contributed by atoms with E-state index < -0.39 is 0 Å². The first-order valence-corrected chi connectivity index (χ1v) is 6.69. The van der Waals surface area contributed by atoms with Gasteiger partial charge in [-0.15, -0.1) is 0 Å². The number of urea groups is 1. The Hall–Kier alpha value is -1.62. The SMILES string of the molecule is CC(NC(=O)Nc1ccc(F)cc1)C1CCNCC1. The van der Waals surface area contributed by atoms with Crippen molar-refractivity contribution in [3.8, 4) is 0 Å². The summed E-state index contributed by atoms with van der Waals surface area (Å²) < 4.78 is 12.7. The molecule has 1 atom stereocenters. The number of hydrogen-bond acceptors (Lipinski definition) is 2. The molecule has 0 spiro atoms. The minimum atomic E-state index is -0.311. The molecule has 0 aliphatic carbocycles. The van der Waals surface area contributed by atoms with Crippen LogP contribution >= 0.6 is 0 Å². The lowest BCUT2D eigenvalue weighted by molar-refractivity contribution is 0.237. The zero-order chi connectivity index (χ0) is 13.7. The maximum absolute atomic E-state index is 12.7. The molecule has 0 radical (unpaired) electrons. The second kappa shape index (κ2) is 6.52. The van der Waals surface area contributed by atoms with E-state index >= 15 is 0 Å². The number of rotatable bonds is 3. The zero-order valence-electron chi connectivity index (χ0n) is 11.1. The van der Waals surface area contributed by atoms with Gasteiger partial charge in [0, 0.05) is 11.7 Å². The van der Waals surface area contributed by atoms with Gasteiger partial charge in [0.25, 0.3) is 0 Å².